The predicted octanol–water partition coefficient (Wildman–Crippen LogP) is 2.49. The molecule has 0 bridgehead atoms. The molecule has 1 aromatic carbocycles. The molecule has 0 unspecified atom stereocenters. The summed E-state index contributed by atoms with van der Waals surface area (Å²) >= 11 is 0. The monoisotopic (exact) mass is 246 g/mol. The minimum Gasteiger partial charge on any atom is -0.406 e. The Morgan fingerprint density at radius 3 is 2.56 bits per heavy atom. The molecule has 1 aromatic heterocycles. The third kappa shape index (κ3) is 3.30. The summed E-state index contributed by atoms with van der Waals surface area (Å²) in [6.45, 7) is 5.64. The summed E-state index contributed by atoms with van der Waals surface area (Å²) < 4.78 is 5.45. The van der Waals surface area contributed by atoms with Crippen LogP contribution in [-0.4, -0.2) is 16.7 Å². The van der Waals surface area contributed by atoms with E-state index in [-0.39, 0.29) is 0 Å². The first-order valence-corrected chi connectivity index (χ1v) is 6.21. The van der Waals surface area contributed by atoms with Crippen LogP contribution in [0, 0.1) is 0 Å². The zero-order valence-corrected chi connectivity index (χ0v) is 10.7. The van der Waals surface area contributed by atoms with Crippen LogP contribution in [0.1, 0.15) is 25.3 Å². The lowest BCUT2D eigenvalue weighted by molar-refractivity contribution is 0.484. The summed E-state index contributed by atoms with van der Waals surface area (Å²) in [5.74, 6) is 0.588. The van der Waals surface area contributed by atoms with Gasteiger partial charge in [-0.05, 0) is 30.7 Å². The second-order valence-corrected chi connectivity index (χ2v) is 3.96. The number of hydrogen-bond donors (Lipinski definition) is 2. The summed E-state index contributed by atoms with van der Waals surface area (Å²) in [6.07, 6.45) is 1.04. The van der Waals surface area contributed by atoms with Crippen molar-refractivity contribution in [3.63, 3.8) is 0 Å². The number of aromatic nitrogens is 2. The number of aryl methyl sites for hydroxylation is 1. The van der Waals surface area contributed by atoms with Crippen molar-refractivity contribution in [2.75, 3.05) is 11.9 Å². The summed E-state index contributed by atoms with van der Waals surface area (Å²) in [5, 5.41) is 14.1. The highest BCUT2D eigenvalue weighted by atomic mass is 16.4. The summed E-state index contributed by atoms with van der Waals surface area (Å²) in [6, 6.07) is 8.60. The van der Waals surface area contributed by atoms with E-state index >= 15 is 0 Å². The molecule has 0 aliphatic carbocycles. The van der Waals surface area contributed by atoms with Crippen molar-refractivity contribution < 1.29 is 4.42 Å². The molecule has 0 radical (unpaired) electrons. The SMILES string of the molecule is CCNCc1nnc(Nc2ccc(CC)cc2)o1. The Kier molecular flexibility index (Phi) is 4.30. The fourth-order valence-corrected chi connectivity index (χ4v) is 1.55. The fourth-order valence-electron chi connectivity index (χ4n) is 1.55. The summed E-state index contributed by atoms with van der Waals surface area (Å²) in [4.78, 5) is 0. The van der Waals surface area contributed by atoms with Gasteiger partial charge in [-0.3, -0.25) is 0 Å². The summed E-state index contributed by atoms with van der Waals surface area (Å²) in [7, 11) is 0. The molecular formula is C13H18N4O. The molecule has 0 aliphatic heterocycles. The molecule has 5 heteroatoms. The van der Waals surface area contributed by atoms with Gasteiger partial charge in [0.25, 0.3) is 0 Å². The maximum Gasteiger partial charge on any atom is 0.320 e. The molecule has 18 heavy (non-hydrogen) atoms. The van der Waals surface area contributed by atoms with Gasteiger partial charge >= 0.3 is 6.01 Å². The lowest BCUT2D eigenvalue weighted by Gasteiger charge is -2.02. The molecule has 0 saturated heterocycles. The average Bonchev–Trinajstić information content (AvgIpc) is 2.85. The lowest BCUT2D eigenvalue weighted by Crippen LogP contribution is -2.11. The van der Waals surface area contributed by atoms with Crippen molar-refractivity contribution in [1.29, 1.82) is 0 Å². The topological polar surface area (TPSA) is 63.0 Å². The molecule has 96 valence electrons. The van der Waals surface area contributed by atoms with Crippen LogP contribution in [0.5, 0.6) is 0 Å². The lowest BCUT2D eigenvalue weighted by atomic mass is 10.1. The summed E-state index contributed by atoms with van der Waals surface area (Å²) in [5.41, 5.74) is 2.25. The van der Waals surface area contributed by atoms with Crippen molar-refractivity contribution in [3.8, 4) is 0 Å². The van der Waals surface area contributed by atoms with Gasteiger partial charge in [0.2, 0.25) is 5.89 Å². The molecule has 0 saturated carbocycles. The molecule has 0 spiro atoms. The molecular weight excluding hydrogens is 228 g/mol. The molecule has 2 N–H and O–H groups in total. The molecule has 0 atom stereocenters. The molecule has 1 heterocycles. The highest BCUT2D eigenvalue weighted by Crippen LogP contribution is 2.16. The standard InChI is InChI=1S/C13H18N4O/c1-3-10-5-7-11(8-6-10)15-13-17-16-12(18-13)9-14-4-2/h5-8,14H,3-4,9H2,1-2H3,(H,15,17). The van der Waals surface area contributed by atoms with Crippen molar-refractivity contribution in [3.05, 3.63) is 35.7 Å². The van der Waals surface area contributed by atoms with Crippen LogP contribution in [-0.2, 0) is 13.0 Å². The normalized spacial score (nSPS) is 10.6. The number of nitrogens with zero attached hydrogens (tertiary/aromatic N) is 2. The zero-order chi connectivity index (χ0) is 12.8. The van der Waals surface area contributed by atoms with E-state index in [9.17, 15) is 0 Å². The molecule has 0 fully saturated rings. The van der Waals surface area contributed by atoms with Crippen molar-refractivity contribution in [1.82, 2.24) is 15.5 Å². The quantitative estimate of drug-likeness (QED) is 0.820. The minimum absolute atomic E-state index is 0.423. The van der Waals surface area contributed by atoms with Gasteiger partial charge in [0, 0.05) is 5.69 Å². The van der Waals surface area contributed by atoms with E-state index in [1.807, 2.05) is 19.1 Å². The van der Waals surface area contributed by atoms with Gasteiger partial charge in [-0.2, -0.15) is 0 Å². The smallest absolute Gasteiger partial charge is 0.320 e. The first kappa shape index (κ1) is 12.6. The maximum atomic E-state index is 5.45. The Morgan fingerprint density at radius 1 is 1.11 bits per heavy atom. The Bertz CT molecular complexity index is 478. The van der Waals surface area contributed by atoms with Crippen LogP contribution in [0.3, 0.4) is 0 Å². The largest absolute Gasteiger partial charge is 0.406 e. The van der Waals surface area contributed by atoms with E-state index in [0.29, 0.717) is 18.5 Å². The highest BCUT2D eigenvalue weighted by molar-refractivity contribution is 5.52. The second kappa shape index (κ2) is 6.16. The zero-order valence-electron chi connectivity index (χ0n) is 10.7. The van der Waals surface area contributed by atoms with Gasteiger partial charge in [-0.1, -0.05) is 31.1 Å². The Morgan fingerprint density at radius 2 is 1.89 bits per heavy atom. The molecule has 0 amide bonds. The number of rotatable bonds is 6. The van der Waals surface area contributed by atoms with E-state index in [4.69, 9.17) is 4.42 Å². The van der Waals surface area contributed by atoms with Crippen molar-refractivity contribution in [2.24, 2.45) is 0 Å². The van der Waals surface area contributed by atoms with Crippen LogP contribution < -0.4 is 10.6 Å². The first-order chi connectivity index (χ1) is 8.81. The molecule has 2 rings (SSSR count). The number of benzene rings is 1. The van der Waals surface area contributed by atoms with E-state index in [2.05, 4.69) is 39.9 Å². The minimum atomic E-state index is 0.423. The van der Waals surface area contributed by atoms with Crippen LogP contribution in [0.2, 0.25) is 0 Å². The molecule has 0 aliphatic rings. The number of nitrogens with one attached hydrogen (secondary N) is 2. The average molecular weight is 246 g/mol. The van der Waals surface area contributed by atoms with Gasteiger partial charge in [0.05, 0.1) is 6.54 Å². The third-order valence-corrected chi connectivity index (χ3v) is 2.61. The Labute approximate surface area is 107 Å². The van der Waals surface area contributed by atoms with Gasteiger partial charge in [0.15, 0.2) is 0 Å². The highest BCUT2D eigenvalue weighted by Gasteiger charge is 2.05. The van der Waals surface area contributed by atoms with Crippen LogP contribution in [0.25, 0.3) is 0 Å². The van der Waals surface area contributed by atoms with E-state index in [1.54, 1.807) is 0 Å². The molecule has 5 nitrogen and oxygen atoms in total. The van der Waals surface area contributed by atoms with Gasteiger partial charge in [-0.15, -0.1) is 5.10 Å². The van der Waals surface area contributed by atoms with Gasteiger partial charge in [-0.25, -0.2) is 0 Å². The van der Waals surface area contributed by atoms with E-state index < -0.39 is 0 Å². The number of hydrogen-bond acceptors (Lipinski definition) is 5. The number of anilines is 2. The van der Waals surface area contributed by atoms with Crippen LogP contribution >= 0.6 is 0 Å². The second-order valence-electron chi connectivity index (χ2n) is 3.96. The Hall–Kier alpha value is -1.88. The van der Waals surface area contributed by atoms with Gasteiger partial charge < -0.3 is 15.1 Å². The maximum absolute atomic E-state index is 5.45. The van der Waals surface area contributed by atoms with Crippen LogP contribution in [0.4, 0.5) is 11.7 Å². The fraction of sp³-hybridized carbons (Fsp3) is 0.385. The molecule has 2 aromatic rings. The third-order valence-electron chi connectivity index (χ3n) is 2.61. The Balaban J connectivity index is 1.97. The van der Waals surface area contributed by atoms with E-state index in [0.717, 1.165) is 18.7 Å². The van der Waals surface area contributed by atoms with Crippen molar-refractivity contribution >= 4 is 11.7 Å². The predicted molar refractivity (Wildman–Crippen MR) is 70.8 cm³/mol. The van der Waals surface area contributed by atoms with E-state index in [1.165, 1.54) is 5.56 Å². The van der Waals surface area contributed by atoms with Crippen LogP contribution in [0.15, 0.2) is 28.7 Å². The van der Waals surface area contributed by atoms with Gasteiger partial charge in [0.1, 0.15) is 0 Å². The van der Waals surface area contributed by atoms with Crippen molar-refractivity contribution in [2.45, 2.75) is 26.8 Å². The first-order valence-electron chi connectivity index (χ1n) is 6.21.